The molecule has 0 bridgehead atoms. The lowest BCUT2D eigenvalue weighted by molar-refractivity contribution is 0.611. The summed E-state index contributed by atoms with van der Waals surface area (Å²) in [6.45, 7) is 2.15. The van der Waals surface area contributed by atoms with Gasteiger partial charge in [0.25, 0.3) is 0 Å². The second-order valence-corrected chi connectivity index (χ2v) is 5.14. The van der Waals surface area contributed by atoms with Crippen LogP contribution in [0.15, 0.2) is 18.2 Å². The second-order valence-electron chi connectivity index (χ2n) is 3.58. The summed E-state index contributed by atoms with van der Waals surface area (Å²) in [6, 6.07) is 4.62. The van der Waals surface area contributed by atoms with Gasteiger partial charge in [0.2, 0.25) is 0 Å². The van der Waals surface area contributed by atoms with Crippen LogP contribution in [-0.2, 0) is 0 Å². The average molecular weight is 262 g/mol. The van der Waals surface area contributed by atoms with Crippen molar-refractivity contribution in [3.05, 3.63) is 34.6 Å². The van der Waals surface area contributed by atoms with Crippen LogP contribution in [-0.4, -0.2) is 18.6 Å². The fourth-order valence-electron chi connectivity index (χ4n) is 1.46. The van der Waals surface area contributed by atoms with E-state index in [0.29, 0.717) is 5.02 Å². The molecule has 0 aliphatic carbocycles. The fourth-order valence-corrected chi connectivity index (χ4v) is 2.74. The van der Waals surface area contributed by atoms with Crippen molar-refractivity contribution in [2.24, 2.45) is 0 Å². The molecule has 1 nitrogen and oxygen atoms in total. The summed E-state index contributed by atoms with van der Waals surface area (Å²) in [5, 5.41) is 3.80. The van der Waals surface area contributed by atoms with Gasteiger partial charge in [0.05, 0.1) is 0 Å². The standard InChI is InChI=1S/C12H17ClFNS/c1-3-6-16-8-12(15-2)10-7-9(14)4-5-11(10)13/h4-5,7,12,15H,3,6,8H2,1-2H3. The third-order valence-corrected chi connectivity index (χ3v) is 3.93. The lowest BCUT2D eigenvalue weighted by Gasteiger charge is -2.17. The van der Waals surface area contributed by atoms with E-state index in [1.165, 1.54) is 12.1 Å². The zero-order valence-electron chi connectivity index (χ0n) is 9.59. The van der Waals surface area contributed by atoms with Gasteiger partial charge in [-0.2, -0.15) is 11.8 Å². The molecule has 1 N–H and O–H groups in total. The summed E-state index contributed by atoms with van der Waals surface area (Å²) in [6.07, 6.45) is 1.15. The van der Waals surface area contributed by atoms with Crippen LogP contribution >= 0.6 is 23.4 Å². The average Bonchev–Trinajstić information content (AvgIpc) is 2.28. The molecule has 0 amide bonds. The lowest BCUT2D eigenvalue weighted by Crippen LogP contribution is -2.19. The molecule has 0 aromatic heterocycles. The van der Waals surface area contributed by atoms with Crippen LogP contribution < -0.4 is 5.32 Å². The van der Waals surface area contributed by atoms with Crippen LogP contribution in [0.2, 0.25) is 5.02 Å². The van der Waals surface area contributed by atoms with Gasteiger partial charge in [0.1, 0.15) is 5.82 Å². The van der Waals surface area contributed by atoms with Crippen molar-refractivity contribution < 1.29 is 4.39 Å². The zero-order valence-corrected chi connectivity index (χ0v) is 11.2. The molecule has 1 rings (SSSR count). The Morgan fingerprint density at radius 3 is 2.88 bits per heavy atom. The molecule has 1 aromatic carbocycles. The minimum atomic E-state index is -0.236. The van der Waals surface area contributed by atoms with Gasteiger partial charge < -0.3 is 5.32 Å². The first-order valence-electron chi connectivity index (χ1n) is 5.39. The Balaban J connectivity index is 2.73. The van der Waals surface area contributed by atoms with E-state index >= 15 is 0 Å². The SMILES string of the molecule is CCCSCC(NC)c1cc(F)ccc1Cl. The summed E-state index contributed by atoms with van der Waals surface area (Å²) < 4.78 is 13.1. The number of hydrogen-bond donors (Lipinski definition) is 1. The second kappa shape index (κ2) is 7.15. The van der Waals surface area contributed by atoms with E-state index in [1.807, 2.05) is 18.8 Å². The van der Waals surface area contributed by atoms with Crippen LogP contribution in [0.5, 0.6) is 0 Å². The number of benzene rings is 1. The molecule has 0 radical (unpaired) electrons. The monoisotopic (exact) mass is 261 g/mol. The molecule has 0 saturated carbocycles. The molecular formula is C12H17ClFNS. The Kier molecular flexibility index (Phi) is 6.17. The molecule has 1 unspecified atom stereocenters. The predicted octanol–water partition coefficient (Wildman–Crippen LogP) is 3.88. The van der Waals surface area contributed by atoms with E-state index in [4.69, 9.17) is 11.6 Å². The molecule has 90 valence electrons. The number of rotatable bonds is 6. The molecule has 0 heterocycles. The maximum absolute atomic E-state index is 13.1. The highest BCUT2D eigenvalue weighted by atomic mass is 35.5. The molecule has 0 saturated heterocycles. The van der Waals surface area contributed by atoms with Gasteiger partial charge in [-0.05, 0) is 43.0 Å². The van der Waals surface area contributed by atoms with E-state index in [1.54, 1.807) is 6.07 Å². The van der Waals surface area contributed by atoms with Gasteiger partial charge in [0, 0.05) is 16.8 Å². The highest BCUT2D eigenvalue weighted by Gasteiger charge is 2.13. The first-order chi connectivity index (χ1) is 7.69. The minimum absolute atomic E-state index is 0.111. The number of thioether (sulfide) groups is 1. The van der Waals surface area contributed by atoms with Gasteiger partial charge in [-0.15, -0.1) is 0 Å². The zero-order chi connectivity index (χ0) is 12.0. The van der Waals surface area contributed by atoms with Crippen LogP contribution in [0.1, 0.15) is 24.9 Å². The summed E-state index contributed by atoms with van der Waals surface area (Å²) in [7, 11) is 1.87. The lowest BCUT2D eigenvalue weighted by atomic mass is 10.1. The Morgan fingerprint density at radius 2 is 2.25 bits per heavy atom. The summed E-state index contributed by atoms with van der Waals surface area (Å²) in [5.74, 6) is 1.79. The first-order valence-corrected chi connectivity index (χ1v) is 6.92. The molecule has 4 heteroatoms. The predicted molar refractivity (Wildman–Crippen MR) is 70.8 cm³/mol. The molecule has 0 aliphatic rings. The van der Waals surface area contributed by atoms with Crippen molar-refractivity contribution in [3.63, 3.8) is 0 Å². The van der Waals surface area contributed by atoms with Crippen LogP contribution in [0.4, 0.5) is 4.39 Å². The maximum atomic E-state index is 13.1. The van der Waals surface area contributed by atoms with Crippen molar-refractivity contribution in [2.45, 2.75) is 19.4 Å². The number of halogens is 2. The fraction of sp³-hybridized carbons (Fsp3) is 0.500. The van der Waals surface area contributed by atoms with Crippen LogP contribution in [0.25, 0.3) is 0 Å². The van der Waals surface area contributed by atoms with Gasteiger partial charge in [-0.25, -0.2) is 4.39 Å². The van der Waals surface area contributed by atoms with Crippen LogP contribution in [0, 0.1) is 5.82 Å². The van der Waals surface area contributed by atoms with Gasteiger partial charge in [-0.3, -0.25) is 0 Å². The Morgan fingerprint density at radius 1 is 1.50 bits per heavy atom. The largest absolute Gasteiger partial charge is 0.312 e. The van der Waals surface area contributed by atoms with Crippen molar-refractivity contribution in [3.8, 4) is 0 Å². The summed E-state index contributed by atoms with van der Waals surface area (Å²) in [5.41, 5.74) is 0.841. The van der Waals surface area contributed by atoms with Gasteiger partial charge in [-0.1, -0.05) is 18.5 Å². The highest BCUT2D eigenvalue weighted by molar-refractivity contribution is 7.99. The molecule has 16 heavy (non-hydrogen) atoms. The number of nitrogens with one attached hydrogen (secondary N) is 1. The number of hydrogen-bond acceptors (Lipinski definition) is 2. The summed E-state index contributed by atoms with van der Waals surface area (Å²) in [4.78, 5) is 0. The molecule has 0 aliphatic heterocycles. The third kappa shape index (κ3) is 3.96. The van der Waals surface area contributed by atoms with E-state index < -0.39 is 0 Å². The Labute approximate surface area is 106 Å². The van der Waals surface area contributed by atoms with Crippen molar-refractivity contribution in [1.82, 2.24) is 5.32 Å². The highest BCUT2D eigenvalue weighted by Crippen LogP contribution is 2.26. The summed E-state index contributed by atoms with van der Waals surface area (Å²) >= 11 is 7.92. The Hall–Kier alpha value is -0.250. The van der Waals surface area contributed by atoms with E-state index in [-0.39, 0.29) is 11.9 Å². The minimum Gasteiger partial charge on any atom is -0.312 e. The first kappa shape index (κ1) is 13.8. The smallest absolute Gasteiger partial charge is 0.123 e. The third-order valence-electron chi connectivity index (χ3n) is 2.31. The maximum Gasteiger partial charge on any atom is 0.123 e. The molecule has 0 fully saturated rings. The quantitative estimate of drug-likeness (QED) is 0.780. The van der Waals surface area contributed by atoms with E-state index in [0.717, 1.165) is 23.5 Å². The molecular weight excluding hydrogens is 245 g/mol. The molecule has 0 spiro atoms. The molecule has 1 atom stereocenters. The topological polar surface area (TPSA) is 12.0 Å². The van der Waals surface area contributed by atoms with Crippen molar-refractivity contribution in [1.29, 1.82) is 0 Å². The molecule has 1 aromatic rings. The van der Waals surface area contributed by atoms with E-state index in [9.17, 15) is 4.39 Å². The van der Waals surface area contributed by atoms with Crippen molar-refractivity contribution >= 4 is 23.4 Å². The van der Waals surface area contributed by atoms with Crippen molar-refractivity contribution in [2.75, 3.05) is 18.6 Å². The normalized spacial score (nSPS) is 12.8. The van der Waals surface area contributed by atoms with E-state index in [2.05, 4.69) is 12.2 Å². The van der Waals surface area contributed by atoms with Gasteiger partial charge in [0.15, 0.2) is 0 Å². The van der Waals surface area contributed by atoms with Gasteiger partial charge >= 0.3 is 0 Å². The van der Waals surface area contributed by atoms with Crippen LogP contribution in [0.3, 0.4) is 0 Å². The Bertz CT molecular complexity index is 333.